The van der Waals surface area contributed by atoms with Crippen LogP contribution in [0.3, 0.4) is 0 Å². The number of urea groups is 1. The van der Waals surface area contributed by atoms with Gasteiger partial charge >= 0.3 is 6.03 Å². The lowest BCUT2D eigenvalue weighted by Crippen LogP contribution is -2.61. The second-order valence-corrected chi connectivity index (χ2v) is 14.6. The van der Waals surface area contributed by atoms with Crippen molar-refractivity contribution in [2.24, 2.45) is 34.3 Å². The number of nitrogens with one attached hydrogen (secondary N) is 3. The number of hydrogen-bond donors (Lipinski definition) is 4. The highest BCUT2D eigenvalue weighted by molar-refractivity contribution is 6.37. The van der Waals surface area contributed by atoms with E-state index in [1.807, 2.05) is 41.5 Å². The van der Waals surface area contributed by atoms with Gasteiger partial charge in [0.2, 0.25) is 17.6 Å². The van der Waals surface area contributed by atoms with Crippen LogP contribution in [-0.4, -0.2) is 64.6 Å². The lowest BCUT2D eigenvalue weighted by atomic mass is 9.80. The van der Waals surface area contributed by atoms with Crippen LogP contribution in [0.15, 0.2) is 0 Å². The minimum absolute atomic E-state index is 0.168. The number of Topliss-reactive ketones (excluding diaryl/α,β-unsaturated/α-hetero) is 1. The van der Waals surface area contributed by atoms with E-state index in [9.17, 15) is 24.0 Å². The third kappa shape index (κ3) is 7.31. The van der Waals surface area contributed by atoms with Crippen LogP contribution in [0, 0.1) is 28.6 Å². The van der Waals surface area contributed by atoms with Gasteiger partial charge in [-0.25, -0.2) is 4.79 Å². The van der Waals surface area contributed by atoms with Gasteiger partial charge < -0.3 is 26.6 Å². The Morgan fingerprint density at radius 1 is 0.974 bits per heavy atom. The second-order valence-electron chi connectivity index (χ2n) is 14.6. The minimum atomic E-state index is -1.07. The molecule has 0 aromatic carbocycles. The van der Waals surface area contributed by atoms with E-state index in [-0.39, 0.29) is 17.2 Å². The molecule has 0 aromatic rings. The third-order valence-electron chi connectivity index (χ3n) is 8.65. The first-order valence-corrected chi connectivity index (χ1v) is 14.4. The van der Waals surface area contributed by atoms with Crippen molar-refractivity contribution in [1.82, 2.24) is 20.9 Å². The Bertz CT molecular complexity index is 993. The quantitative estimate of drug-likeness (QED) is 0.327. The molecule has 3 fully saturated rings. The fraction of sp³-hybridized carbons (Fsp3) is 0.828. The van der Waals surface area contributed by atoms with E-state index in [4.69, 9.17) is 5.73 Å². The molecule has 2 saturated carbocycles. The van der Waals surface area contributed by atoms with Crippen molar-refractivity contribution in [3.8, 4) is 0 Å². The molecule has 10 nitrogen and oxygen atoms in total. The zero-order chi connectivity index (χ0) is 29.5. The van der Waals surface area contributed by atoms with E-state index in [0.29, 0.717) is 31.2 Å². The van der Waals surface area contributed by atoms with Crippen LogP contribution in [0.25, 0.3) is 0 Å². The van der Waals surface area contributed by atoms with E-state index in [1.54, 1.807) is 4.90 Å². The van der Waals surface area contributed by atoms with E-state index in [1.165, 1.54) is 0 Å². The molecule has 1 aliphatic heterocycles. The van der Waals surface area contributed by atoms with E-state index < -0.39 is 52.7 Å². The molecule has 5 N–H and O–H groups in total. The topological polar surface area (TPSA) is 151 Å². The third-order valence-corrected chi connectivity index (χ3v) is 8.65. The van der Waals surface area contributed by atoms with Crippen LogP contribution in [0.5, 0.6) is 0 Å². The number of likely N-dealkylation sites (tertiary alicyclic amines) is 1. The summed E-state index contributed by atoms with van der Waals surface area (Å²) in [4.78, 5) is 66.6. The zero-order valence-corrected chi connectivity index (χ0v) is 25.0. The average molecular weight is 548 g/mol. The highest BCUT2D eigenvalue weighted by atomic mass is 16.2. The standard InChI is InChI=1S/C29H49N5O5/c1-16(2)18-13-29(18)14-20(24(37)31-19(21(35)23(30)36)12-17-10-9-11-17)34(15-29)25(38)22(27(3,4)5)32-26(39)33-28(6,7)8/h16-20,22H,9-15H2,1-8H3,(H2,30,36)(H,31,37)(H2,32,33,39)/t18-,19?,20-,22+,29+/m0/s1. The summed E-state index contributed by atoms with van der Waals surface area (Å²) < 4.78 is 0. The molecular formula is C29H49N5O5. The molecule has 220 valence electrons. The maximum Gasteiger partial charge on any atom is 0.315 e. The molecule has 0 radical (unpaired) electrons. The first kappa shape index (κ1) is 30.9. The number of rotatable bonds is 9. The number of ketones is 1. The molecule has 1 unspecified atom stereocenters. The van der Waals surface area contributed by atoms with E-state index in [0.717, 1.165) is 25.7 Å². The average Bonchev–Trinajstić information content (AvgIpc) is 3.32. The van der Waals surface area contributed by atoms with Crippen LogP contribution in [0.1, 0.15) is 93.9 Å². The molecule has 0 aromatic heterocycles. The Morgan fingerprint density at radius 2 is 1.59 bits per heavy atom. The Hall–Kier alpha value is -2.65. The van der Waals surface area contributed by atoms with E-state index in [2.05, 4.69) is 29.8 Å². The van der Waals surface area contributed by atoms with Gasteiger partial charge in [0.1, 0.15) is 12.1 Å². The van der Waals surface area contributed by atoms with Gasteiger partial charge in [0.25, 0.3) is 5.91 Å². The monoisotopic (exact) mass is 547 g/mol. The van der Waals surface area contributed by atoms with Gasteiger partial charge in [0.05, 0.1) is 6.04 Å². The van der Waals surface area contributed by atoms with E-state index >= 15 is 0 Å². The fourth-order valence-corrected chi connectivity index (χ4v) is 6.27. The molecule has 5 atom stereocenters. The molecule has 39 heavy (non-hydrogen) atoms. The Morgan fingerprint density at radius 3 is 2.03 bits per heavy atom. The highest BCUT2D eigenvalue weighted by Gasteiger charge is 2.63. The maximum atomic E-state index is 14.1. The molecule has 1 heterocycles. The first-order valence-electron chi connectivity index (χ1n) is 14.4. The van der Waals surface area contributed by atoms with Gasteiger partial charge in [0.15, 0.2) is 0 Å². The molecule has 1 spiro atoms. The van der Waals surface area contributed by atoms with Crippen LogP contribution in [-0.2, 0) is 19.2 Å². The fourth-order valence-electron chi connectivity index (χ4n) is 6.27. The number of hydrogen-bond acceptors (Lipinski definition) is 5. The summed E-state index contributed by atoms with van der Waals surface area (Å²) in [7, 11) is 0. The first-order chi connectivity index (χ1) is 17.8. The number of nitrogens with zero attached hydrogens (tertiary/aromatic N) is 1. The smallest absolute Gasteiger partial charge is 0.315 e. The zero-order valence-electron chi connectivity index (χ0n) is 25.0. The van der Waals surface area contributed by atoms with Gasteiger partial charge in [-0.2, -0.15) is 0 Å². The molecule has 1 saturated heterocycles. The van der Waals surface area contributed by atoms with Gasteiger partial charge in [-0.05, 0) is 68.6 Å². The lowest BCUT2D eigenvalue weighted by Gasteiger charge is -2.36. The van der Waals surface area contributed by atoms with Crippen molar-refractivity contribution in [3.63, 3.8) is 0 Å². The molecule has 0 bridgehead atoms. The predicted molar refractivity (Wildman–Crippen MR) is 148 cm³/mol. The summed E-state index contributed by atoms with van der Waals surface area (Å²) in [5, 5.41) is 8.51. The number of nitrogens with two attached hydrogens (primary N) is 1. The number of primary amides is 1. The SMILES string of the molecule is CC(C)[C@@H]1C[C@]12C[C@@H](C(=O)NC(CC1CCC1)C(=O)C(N)=O)N(C(=O)[C@@H](NC(=O)NC(C)(C)C)C(C)(C)C)C2. The molecule has 3 rings (SSSR count). The molecule has 3 aliphatic rings. The summed E-state index contributed by atoms with van der Waals surface area (Å²) in [6, 6.07) is -3.13. The summed E-state index contributed by atoms with van der Waals surface area (Å²) >= 11 is 0. The minimum Gasteiger partial charge on any atom is -0.363 e. The highest BCUT2D eigenvalue weighted by Crippen LogP contribution is 2.63. The summed E-state index contributed by atoms with van der Waals surface area (Å²) in [5.74, 6) is -1.60. The Labute approximate surface area is 232 Å². The van der Waals surface area contributed by atoms with Crippen molar-refractivity contribution in [2.45, 2.75) is 118 Å². The molecule has 2 aliphatic carbocycles. The van der Waals surface area contributed by atoms with Crippen molar-refractivity contribution >= 4 is 29.5 Å². The number of amides is 5. The number of carbonyl (C=O) groups excluding carboxylic acids is 5. The summed E-state index contributed by atoms with van der Waals surface area (Å²) in [6.45, 7) is 15.9. The molecular weight excluding hydrogens is 498 g/mol. The predicted octanol–water partition coefficient (Wildman–Crippen LogP) is 2.49. The largest absolute Gasteiger partial charge is 0.363 e. The van der Waals surface area contributed by atoms with Crippen LogP contribution in [0.2, 0.25) is 0 Å². The summed E-state index contributed by atoms with van der Waals surface area (Å²) in [6.07, 6.45) is 4.72. The van der Waals surface area contributed by atoms with Crippen LogP contribution in [0.4, 0.5) is 4.79 Å². The van der Waals surface area contributed by atoms with Gasteiger partial charge in [-0.3, -0.25) is 19.2 Å². The maximum absolute atomic E-state index is 14.1. The van der Waals surface area contributed by atoms with Crippen molar-refractivity contribution in [2.75, 3.05) is 6.54 Å². The Kier molecular flexibility index (Phi) is 8.78. The van der Waals surface area contributed by atoms with Crippen LogP contribution >= 0.6 is 0 Å². The van der Waals surface area contributed by atoms with Crippen molar-refractivity contribution in [3.05, 3.63) is 0 Å². The van der Waals surface area contributed by atoms with Crippen molar-refractivity contribution < 1.29 is 24.0 Å². The number of carbonyl (C=O) groups is 5. The molecule has 5 amide bonds. The van der Waals surface area contributed by atoms with Crippen molar-refractivity contribution in [1.29, 1.82) is 0 Å². The normalized spacial score (nSPS) is 26.5. The molecule has 10 heteroatoms. The second kappa shape index (κ2) is 11.1. The van der Waals surface area contributed by atoms with Gasteiger partial charge in [-0.15, -0.1) is 0 Å². The Balaban J connectivity index is 1.87. The lowest BCUT2D eigenvalue weighted by molar-refractivity contribution is -0.143. The van der Waals surface area contributed by atoms with Gasteiger partial charge in [0, 0.05) is 12.1 Å². The van der Waals surface area contributed by atoms with Crippen LogP contribution < -0.4 is 21.7 Å². The summed E-state index contributed by atoms with van der Waals surface area (Å²) in [5.41, 5.74) is 4.03. The van der Waals surface area contributed by atoms with Gasteiger partial charge in [-0.1, -0.05) is 53.9 Å².